The Morgan fingerprint density at radius 3 is 3.00 bits per heavy atom. The van der Waals surface area contributed by atoms with Gasteiger partial charge in [0.25, 0.3) is 0 Å². The molecule has 2 aromatic rings. The van der Waals surface area contributed by atoms with E-state index >= 15 is 0 Å². The van der Waals surface area contributed by atoms with Gasteiger partial charge in [-0.25, -0.2) is 0 Å². The Kier molecular flexibility index (Phi) is 1.90. The molecule has 0 atom stereocenters. The second kappa shape index (κ2) is 3.38. The minimum absolute atomic E-state index is 0.247. The average Bonchev–Trinajstić information content (AvgIpc) is 2.89. The van der Waals surface area contributed by atoms with Crippen LogP contribution < -0.4 is 0 Å². The van der Waals surface area contributed by atoms with E-state index in [0.717, 1.165) is 22.5 Å². The number of nitrogens with one attached hydrogen (secondary N) is 1. The molecule has 0 radical (unpaired) electrons. The number of fused-ring (bicyclic) bond motifs is 1. The van der Waals surface area contributed by atoms with Crippen molar-refractivity contribution >= 4 is 23.6 Å². The molecule has 2 N–H and O–H groups in total. The minimum Gasteiger partial charge on any atom is -0.508 e. The van der Waals surface area contributed by atoms with Crippen molar-refractivity contribution in [2.45, 2.75) is 0 Å². The van der Waals surface area contributed by atoms with Gasteiger partial charge >= 0.3 is 0 Å². The summed E-state index contributed by atoms with van der Waals surface area (Å²) in [5.74, 6) is 0.247. The standard InChI is InChI=1S/C13H10N2O/c16-11-3-4-12-9(8-15-13(12)7-11)6-10-2-1-5-14-10/h1-8,14,16H. The molecule has 16 heavy (non-hydrogen) atoms. The van der Waals surface area contributed by atoms with E-state index in [-0.39, 0.29) is 5.75 Å². The number of hydrogen-bond acceptors (Lipinski definition) is 2. The first kappa shape index (κ1) is 8.97. The van der Waals surface area contributed by atoms with Crippen molar-refractivity contribution in [3.63, 3.8) is 0 Å². The molecule has 0 aliphatic carbocycles. The van der Waals surface area contributed by atoms with Gasteiger partial charge in [-0.2, -0.15) is 0 Å². The fraction of sp³-hybridized carbons (Fsp3) is 0. The fourth-order valence-electron chi connectivity index (χ4n) is 1.80. The summed E-state index contributed by atoms with van der Waals surface area (Å²) in [7, 11) is 0. The number of H-pyrrole nitrogens is 1. The number of aromatic nitrogens is 1. The van der Waals surface area contributed by atoms with E-state index in [2.05, 4.69) is 9.98 Å². The number of aromatic amines is 1. The predicted molar refractivity (Wildman–Crippen MR) is 64.9 cm³/mol. The Morgan fingerprint density at radius 2 is 2.19 bits per heavy atom. The first-order chi connectivity index (χ1) is 7.83. The first-order valence-corrected chi connectivity index (χ1v) is 5.05. The lowest BCUT2D eigenvalue weighted by atomic mass is 10.1. The molecule has 3 rings (SSSR count). The lowest BCUT2D eigenvalue weighted by Gasteiger charge is -1.99. The highest BCUT2D eigenvalue weighted by Gasteiger charge is 2.12. The van der Waals surface area contributed by atoms with Gasteiger partial charge in [-0.15, -0.1) is 0 Å². The van der Waals surface area contributed by atoms with Crippen LogP contribution in [0.5, 0.6) is 5.75 Å². The van der Waals surface area contributed by atoms with E-state index in [1.165, 1.54) is 0 Å². The van der Waals surface area contributed by atoms with Gasteiger partial charge in [0, 0.05) is 35.3 Å². The summed E-state index contributed by atoms with van der Waals surface area (Å²) < 4.78 is 0. The molecule has 1 aromatic carbocycles. The van der Waals surface area contributed by atoms with Crippen LogP contribution in [-0.2, 0) is 0 Å². The molecule has 0 bridgehead atoms. The SMILES string of the molecule is Oc1ccc2c(c1)N=CC2=Cc1ccc[nH]1. The van der Waals surface area contributed by atoms with E-state index < -0.39 is 0 Å². The predicted octanol–water partition coefficient (Wildman–Crippen LogP) is 2.98. The number of rotatable bonds is 1. The lowest BCUT2D eigenvalue weighted by molar-refractivity contribution is 0.475. The van der Waals surface area contributed by atoms with Gasteiger partial charge in [-0.3, -0.25) is 4.99 Å². The lowest BCUT2D eigenvalue weighted by Crippen LogP contribution is -1.80. The summed E-state index contributed by atoms with van der Waals surface area (Å²) in [5, 5.41) is 9.34. The summed E-state index contributed by atoms with van der Waals surface area (Å²) in [6.07, 6.45) is 5.73. The number of aromatic hydroxyl groups is 1. The molecule has 1 aliphatic heterocycles. The van der Waals surface area contributed by atoms with Crippen LogP contribution in [0.1, 0.15) is 11.3 Å². The maximum absolute atomic E-state index is 9.34. The summed E-state index contributed by atoms with van der Waals surface area (Å²) in [5.41, 5.74) is 3.96. The maximum atomic E-state index is 9.34. The molecule has 2 heterocycles. The molecule has 3 nitrogen and oxygen atoms in total. The van der Waals surface area contributed by atoms with Gasteiger partial charge in [0.2, 0.25) is 0 Å². The molecule has 1 aromatic heterocycles. The Bertz CT molecular complexity index is 580. The van der Waals surface area contributed by atoms with Crippen molar-refractivity contribution in [3.8, 4) is 5.75 Å². The Morgan fingerprint density at radius 1 is 1.25 bits per heavy atom. The van der Waals surface area contributed by atoms with Gasteiger partial charge in [-0.1, -0.05) is 0 Å². The minimum atomic E-state index is 0.247. The van der Waals surface area contributed by atoms with Crippen LogP contribution in [0, 0.1) is 0 Å². The second-order valence-corrected chi connectivity index (χ2v) is 3.68. The van der Waals surface area contributed by atoms with Gasteiger partial charge in [-0.05, 0) is 30.3 Å². The summed E-state index contributed by atoms with van der Waals surface area (Å²) in [4.78, 5) is 7.37. The molecule has 0 spiro atoms. The second-order valence-electron chi connectivity index (χ2n) is 3.68. The molecule has 1 aliphatic rings. The Balaban J connectivity index is 2.07. The monoisotopic (exact) mass is 210 g/mol. The smallest absolute Gasteiger partial charge is 0.117 e. The zero-order chi connectivity index (χ0) is 11.0. The van der Waals surface area contributed by atoms with Gasteiger partial charge in [0.05, 0.1) is 5.69 Å². The molecule has 0 unspecified atom stereocenters. The van der Waals surface area contributed by atoms with E-state index in [9.17, 15) is 5.11 Å². The zero-order valence-electron chi connectivity index (χ0n) is 8.51. The van der Waals surface area contributed by atoms with Gasteiger partial charge in [0.1, 0.15) is 5.75 Å². The zero-order valence-corrected chi connectivity index (χ0v) is 8.51. The van der Waals surface area contributed by atoms with Gasteiger partial charge in [0.15, 0.2) is 0 Å². The highest BCUT2D eigenvalue weighted by molar-refractivity contribution is 6.21. The molecule has 3 heteroatoms. The summed E-state index contributed by atoms with van der Waals surface area (Å²) in [6.45, 7) is 0. The normalized spacial score (nSPS) is 15.6. The molecule has 0 amide bonds. The number of aliphatic imine (C=N–C) groups is 1. The van der Waals surface area contributed by atoms with Gasteiger partial charge < -0.3 is 10.1 Å². The van der Waals surface area contributed by atoms with E-state index in [0.29, 0.717) is 0 Å². The Labute approximate surface area is 92.8 Å². The third kappa shape index (κ3) is 1.42. The van der Waals surface area contributed by atoms with Crippen LogP contribution in [-0.4, -0.2) is 16.3 Å². The molecular formula is C13H10N2O. The number of phenolic OH excluding ortho intramolecular Hbond substituents is 1. The number of benzene rings is 1. The highest BCUT2D eigenvalue weighted by atomic mass is 16.3. The van der Waals surface area contributed by atoms with Crippen molar-refractivity contribution < 1.29 is 5.11 Å². The van der Waals surface area contributed by atoms with Crippen LogP contribution in [0.4, 0.5) is 5.69 Å². The molecular weight excluding hydrogens is 200 g/mol. The van der Waals surface area contributed by atoms with Crippen molar-refractivity contribution in [3.05, 3.63) is 47.8 Å². The molecule has 0 fully saturated rings. The quantitative estimate of drug-likeness (QED) is 0.746. The van der Waals surface area contributed by atoms with E-state index in [1.54, 1.807) is 12.1 Å². The molecule has 0 saturated carbocycles. The van der Waals surface area contributed by atoms with Crippen LogP contribution in [0.15, 0.2) is 41.5 Å². The van der Waals surface area contributed by atoms with Crippen LogP contribution in [0.2, 0.25) is 0 Å². The topological polar surface area (TPSA) is 48.4 Å². The van der Waals surface area contributed by atoms with Crippen molar-refractivity contribution in [2.24, 2.45) is 4.99 Å². The molecule has 0 saturated heterocycles. The van der Waals surface area contributed by atoms with Crippen molar-refractivity contribution in [1.82, 2.24) is 4.98 Å². The average molecular weight is 210 g/mol. The fourth-order valence-corrected chi connectivity index (χ4v) is 1.80. The largest absolute Gasteiger partial charge is 0.508 e. The number of hydrogen-bond donors (Lipinski definition) is 2. The third-order valence-corrected chi connectivity index (χ3v) is 2.57. The number of allylic oxidation sites excluding steroid dienone is 1. The highest BCUT2D eigenvalue weighted by Crippen LogP contribution is 2.34. The first-order valence-electron chi connectivity index (χ1n) is 5.05. The summed E-state index contributed by atoms with van der Waals surface area (Å²) >= 11 is 0. The Hall–Kier alpha value is -2.29. The van der Waals surface area contributed by atoms with Crippen molar-refractivity contribution in [1.29, 1.82) is 0 Å². The van der Waals surface area contributed by atoms with Crippen LogP contribution in [0.3, 0.4) is 0 Å². The maximum Gasteiger partial charge on any atom is 0.117 e. The van der Waals surface area contributed by atoms with E-state index in [4.69, 9.17) is 0 Å². The van der Waals surface area contributed by atoms with Crippen molar-refractivity contribution in [2.75, 3.05) is 0 Å². The molecule has 78 valence electrons. The van der Waals surface area contributed by atoms with E-state index in [1.807, 2.05) is 36.7 Å². The van der Waals surface area contributed by atoms with Crippen LogP contribution in [0.25, 0.3) is 11.6 Å². The third-order valence-electron chi connectivity index (χ3n) is 2.57. The number of nitrogens with zero attached hydrogens (tertiary/aromatic N) is 1. The summed E-state index contributed by atoms with van der Waals surface area (Å²) in [6, 6.07) is 9.18. The number of phenols is 1. The van der Waals surface area contributed by atoms with Crippen LogP contribution >= 0.6 is 0 Å².